The molecular weight excluding hydrogens is 398 g/mol. The van der Waals surface area contributed by atoms with Crippen LogP contribution in [0.25, 0.3) is 11.2 Å². The van der Waals surface area contributed by atoms with Gasteiger partial charge in [-0.15, -0.1) is 0 Å². The van der Waals surface area contributed by atoms with Gasteiger partial charge in [0.1, 0.15) is 11.8 Å². The van der Waals surface area contributed by atoms with E-state index in [9.17, 15) is 4.79 Å². The average molecular weight is 438 g/mol. The van der Waals surface area contributed by atoms with Crippen LogP contribution in [0.4, 0.5) is 5.82 Å². The summed E-state index contributed by atoms with van der Waals surface area (Å²) in [6.07, 6.45) is 11.1. The van der Waals surface area contributed by atoms with E-state index in [2.05, 4.69) is 49.6 Å². The maximum absolute atomic E-state index is 12.8. The zero-order valence-electron chi connectivity index (χ0n) is 20.5. The Morgan fingerprint density at radius 1 is 1.19 bits per heavy atom. The summed E-state index contributed by atoms with van der Waals surface area (Å²) in [5.74, 6) is 2.22. The fourth-order valence-corrected chi connectivity index (χ4v) is 7.36. The van der Waals surface area contributed by atoms with E-state index < -0.39 is 0 Å². The van der Waals surface area contributed by atoms with Crippen molar-refractivity contribution in [2.24, 2.45) is 29.7 Å². The van der Waals surface area contributed by atoms with Gasteiger partial charge < -0.3 is 5.32 Å². The summed E-state index contributed by atoms with van der Waals surface area (Å²) in [6.45, 7) is 15.1. The van der Waals surface area contributed by atoms with Crippen LogP contribution in [0.5, 0.6) is 0 Å². The second kappa shape index (κ2) is 7.19. The van der Waals surface area contributed by atoms with E-state index in [4.69, 9.17) is 0 Å². The molecule has 2 aromatic rings. The Morgan fingerprint density at radius 3 is 2.75 bits per heavy atom. The second-order valence-electron chi connectivity index (χ2n) is 11.7. The second-order valence-corrected chi connectivity index (χ2v) is 11.7. The van der Waals surface area contributed by atoms with Gasteiger partial charge in [-0.05, 0) is 81.0 Å². The highest BCUT2D eigenvalue weighted by Crippen LogP contribution is 2.63. The number of imidazole rings is 1. The molecule has 3 aliphatic rings. The number of aryl methyl sites for hydroxylation is 2. The maximum Gasteiger partial charge on any atom is 0.330 e. The fraction of sp³-hybridized carbons (Fsp3) is 0.731. The quantitative estimate of drug-likeness (QED) is 0.663. The minimum absolute atomic E-state index is 0.00264. The Labute approximate surface area is 191 Å². The lowest BCUT2D eigenvalue weighted by molar-refractivity contribution is -0.0579. The predicted molar refractivity (Wildman–Crippen MR) is 130 cm³/mol. The molecule has 5 atom stereocenters. The predicted octanol–water partition coefficient (Wildman–Crippen LogP) is 5.28. The van der Waals surface area contributed by atoms with Gasteiger partial charge in [0.2, 0.25) is 0 Å². The van der Waals surface area contributed by atoms with Crippen LogP contribution >= 0.6 is 0 Å². The van der Waals surface area contributed by atoms with Crippen molar-refractivity contribution in [3.8, 4) is 0 Å². The number of nitrogens with one attached hydrogen (secondary N) is 1. The van der Waals surface area contributed by atoms with E-state index in [1.165, 1.54) is 44.1 Å². The third-order valence-electron chi connectivity index (χ3n) is 10.00. The lowest BCUT2D eigenvalue weighted by atomic mass is 9.46. The minimum atomic E-state index is -0.104. The molecule has 0 saturated heterocycles. The van der Waals surface area contributed by atoms with E-state index in [0.717, 1.165) is 24.2 Å². The van der Waals surface area contributed by atoms with Crippen LogP contribution in [0.2, 0.25) is 0 Å². The molecule has 2 aliphatic carbocycles. The van der Waals surface area contributed by atoms with Gasteiger partial charge >= 0.3 is 5.69 Å². The van der Waals surface area contributed by atoms with Crippen molar-refractivity contribution in [1.82, 2.24) is 19.1 Å². The van der Waals surface area contributed by atoms with Gasteiger partial charge in [-0.2, -0.15) is 0 Å². The highest BCUT2D eigenvalue weighted by atomic mass is 16.1. The van der Waals surface area contributed by atoms with Crippen LogP contribution in [0.15, 0.2) is 23.3 Å². The third kappa shape index (κ3) is 3.01. The van der Waals surface area contributed by atoms with Gasteiger partial charge in [0.05, 0.1) is 0 Å². The first-order valence-corrected chi connectivity index (χ1v) is 12.5. The van der Waals surface area contributed by atoms with Gasteiger partial charge in [0.25, 0.3) is 0 Å². The largest absolute Gasteiger partial charge is 0.363 e. The third-order valence-corrected chi connectivity index (χ3v) is 10.00. The first-order valence-electron chi connectivity index (χ1n) is 12.5. The summed E-state index contributed by atoms with van der Waals surface area (Å²) in [6, 6.07) is 0. The van der Waals surface area contributed by atoms with Crippen molar-refractivity contribution in [3.63, 3.8) is 0 Å². The Hall–Kier alpha value is -2.11. The Kier molecular flexibility index (Phi) is 4.88. The Balaban J connectivity index is 1.43. The van der Waals surface area contributed by atoms with Gasteiger partial charge in [0, 0.05) is 19.1 Å². The number of fused-ring (bicyclic) bond motifs is 1. The van der Waals surface area contributed by atoms with E-state index in [1.54, 1.807) is 17.9 Å². The number of aromatic nitrogens is 4. The van der Waals surface area contributed by atoms with E-state index in [1.807, 2.05) is 4.57 Å². The summed E-state index contributed by atoms with van der Waals surface area (Å²) in [4.78, 5) is 21.7. The molecule has 5 rings (SSSR count). The smallest absolute Gasteiger partial charge is 0.330 e. The van der Waals surface area contributed by atoms with Crippen LogP contribution < -0.4 is 11.0 Å². The standard InChI is InChI=1S/C26H39N5O/c1-17-8-7-9-19-25(17,4)11-10-18(2)26(19,5)13-12-24(3)14-15-31-20-21(29-24)27-16-28-22(20)30(6)23(31)32/h16,18-19H,1,7-15H2,2-6H3,(H,27,28,29). The molecule has 2 aromatic heterocycles. The highest BCUT2D eigenvalue weighted by Gasteiger charge is 2.54. The molecule has 32 heavy (non-hydrogen) atoms. The van der Waals surface area contributed by atoms with Crippen LogP contribution in [-0.2, 0) is 13.6 Å². The molecule has 1 N–H and O–H groups in total. The van der Waals surface area contributed by atoms with Crippen LogP contribution in [0.1, 0.15) is 79.1 Å². The van der Waals surface area contributed by atoms with Gasteiger partial charge in [-0.25, -0.2) is 14.8 Å². The number of anilines is 1. The first kappa shape index (κ1) is 21.7. The van der Waals surface area contributed by atoms with Gasteiger partial charge in [-0.3, -0.25) is 9.13 Å². The minimum Gasteiger partial charge on any atom is -0.363 e. The molecule has 174 valence electrons. The van der Waals surface area contributed by atoms with E-state index in [0.29, 0.717) is 34.9 Å². The van der Waals surface area contributed by atoms with Crippen molar-refractivity contribution >= 4 is 17.0 Å². The molecule has 1 aliphatic heterocycles. The molecule has 2 saturated carbocycles. The van der Waals surface area contributed by atoms with Gasteiger partial charge in [0.15, 0.2) is 11.5 Å². The first-order chi connectivity index (χ1) is 15.1. The molecule has 3 heterocycles. The Morgan fingerprint density at radius 2 is 1.97 bits per heavy atom. The number of nitrogens with zero attached hydrogens (tertiary/aromatic N) is 4. The Bertz CT molecular complexity index is 1130. The molecule has 0 bridgehead atoms. The molecule has 5 unspecified atom stereocenters. The summed E-state index contributed by atoms with van der Waals surface area (Å²) in [7, 11) is 1.79. The highest BCUT2D eigenvalue weighted by molar-refractivity contribution is 5.84. The van der Waals surface area contributed by atoms with E-state index >= 15 is 0 Å². The molecule has 0 amide bonds. The number of allylic oxidation sites excluding steroid dienone is 1. The van der Waals surface area contributed by atoms with Crippen molar-refractivity contribution in [1.29, 1.82) is 0 Å². The average Bonchev–Trinajstić information content (AvgIpc) is 2.91. The summed E-state index contributed by atoms with van der Waals surface area (Å²) < 4.78 is 3.49. The molecule has 0 radical (unpaired) electrons. The monoisotopic (exact) mass is 437 g/mol. The number of rotatable bonds is 3. The van der Waals surface area contributed by atoms with Gasteiger partial charge in [-0.1, -0.05) is 32.9 Å². The zero-order chi connectivity index (χ0) is 22.9. The summed E-state index contributed by atoms with van der Waals surface area (Å²) in [5.41, 5.74) is 3.54. The maximum atomic E-state index is 12.8. The summed E-state index contributed by atoms with van der Waals surface area (Å²) in [5, 5.41) is 3.76. The molecule has 2 fully saturated rings. The number of hydrogen-bond donors (Lipinski definition) is 1. The zero-order valence-corrected chi connectivity index (χ0v) is 20.5. The molecule has 6 nitrogen and oxygen atoms in total. The van der Waals surface area contributed by atoms with Crippen LogP contribution in [0, 0.1) is 22.7 Å². The normalized spacial score (nSPS) is 37.1. The SMILES string of the molecule is C=C1CCCC2C1(C)CCC(C)C2(C)CCC1(C)CCn2c(=O)n(C)c3ncnc(c32)N1. The molecule has 0 aromatic carbocycles. The van der Waals surface area contributed by atoms with Crippen molar-refractivity contribution in [3.05, 3.63) is 29.0 Å². The fourth-order valence-electron chi connectivity index (χ4n) is 7.36. The molecular formula is C26H39N5O. The molecule has 0 spiro atoms. The topological polar surface area (TPSA) is 64.7 Å². The van der Waals surface area contributed by atoms with E-state index in [-0.39, 0.29) is 11.2 Å². The van der Waals surface area contributed by atoms with Crippen LogP contribution in [0.3, 0.4) is 0 Å². The lowest BCUT2D eigenvalue weighted by Gasteiger charge is -2.59. The van der Waals surface area contributed by atoms with Crippen molar-refractivity contribution < 1.29 is 0 Å². The number of hydrogen-bond acceptors (Lipinski definition) is 4. The molecule has 6 heteroatoms. The van der Waals surface area contributed by atoms with Crippen LogP contribution in [-0.4, -0.2) is 24.6 Å². The van der Waals surface area contributed by atoms with Crippen molar-refractivity contribution in [2.75, 3.05) is 5.32 Å². The van der Waals surface area contributed by atoms with Crippen molar-refractivity contribution in [2.45, 2.75) is 91.1 Å². The lowest BCUT2D eigenvalue weighted by Crippen LogP contribution is -2.51. The summed E-state index contributed by atoms with van der Waals surface area (Å²) >= 11 is 0.